The van der Waals surface area contributed by atoms with Crippen molar-refractivity contribution >= 4 is 34.0 Å². The minimum Gasteiger partial charge on any atom is -0.461 e. The average molecular weight is 318 g/mol. The topological polar surface area (TPSA) is 43.6 Å². The van der Waals surface area contributed by atoms with Gasteiger partial charge < -0.3 is 4.74 Å². The monoisotopic (exact) mass is 318 g/mol. The fourth-order valence-corrected chi connectivity index (χ4v) is 3.71. The van der Waals surface area contributed by atoms with E-state index >= 15 is 0 Å². The van der Waals surface area contributed by atoms with Crippen molar-refractivity contribution in [1.29, 1.82) is 0 Å². The fourth-order valence-electron chi connectivity index (χ4n) is 1.98. The molecule has 0 radical (unpaired) electrons. The lowest BCUT2D eigenvalue weighted by molar-refractivity contribution is 0.0514. The predicted octanol–water partition coefficient (Wildman–Crippen LogP) is 3.86. The minimum atomic E-state index is -0.320. The van der Waals surface area contributed by atoms with Crippen LogP contribution >= 0.6 is 23.1 Å². The Kier molecular flexibility index (Phi) is 4.26. The molecule has 2 heterocycles. The lowest BCUT2D eigenvalue weighted by atomic mass is 10.2. The van der Waals surface area contributed by atoms with Gasteiger partial charge in [0.2, 0.25) is 0 Å². The fraction of sp³-hybridized carbons (Fsp3) is 0.200. The number of carbonyl (C=O) groups excluding carboxylic acids is 1. The zero-order chi connectivity index (χ0) is 14.7. The molecular weight excluding hydrogens is 304 g/mol. The molecule has 0 aliphatic heterocycles. The number of aromatic nitrogens is 2. The average Bonchev–Trinajstić information content (AvgIpc) is 3.06. The van der Waals surface area contributed by atoms with E-state index in [-0.39, 0.29) is 5.97 Å². The minimum absolute atomic E-state index is 0.320. The summed E-state index contributed by atoms with van der Waals surface area (Å²) in [6.07, 6.45) is 1.85. The van der Waals surface area contributed by atoms with Crippen LogP contribution in [-0.2, 0) is 10.5 Å². The third kappa shape index (κ3) is 2.96. The molecule has 3 aromatic rings. The Balaban J connectivity index is 1.88. The summed E-state index contributed by atoms with van der Waals surface area (Å²) in [4.78, 5) is 17.5. The molecule has 3 rings (SSSR count). The number of nitrogens with zero attached hydrogens (tertiary/aromatic N) is 2. The van der Waals surface area contributed by atoms with E-state index in [0.717, 1.165) is 15.7 Å². The highest BCUT2D eigenvalue weighted by molar-refractivity contribution is 7.98. The molecule has 108 valence electrons. The van der Waals surface area contributed by atoms with E-state index in [2.05, 4.69) is 17.1 Å². The quantitative estimate of drug-likeness (QED) is 0.529. The van der Waals surface area contributed by atoms with E-state index in [1.807, 2.05) is 29.8 Å². The number of thiazole rings is 1. The van der Waals surface area contributed by atoms with Gasteiger partial charge in [-0.25, -0.2) is 9.78 Å². The Morgan fingerprint density at radius 3 is 2.95 bits per heavy atom. The van der Waals surface area contributed by atoms with E-state index in [9.17, 15) is 4.79 Å². The summed E-state index contributed by atoms with van der Waals surface area (Å²) in [6, 6.07) is 10.1. The molecule has 0 unspecified atom stereocenters. The summed E-state index contributed by atoms with van der Waals surface area (Å²) in [6.45, 7) is 2.17. The molecular formula is C15H14N2O2S2. The van der Waals surface area contributed by atoms with Crippen molar-refractivity contribution in [2.24, 2.45) is 0 Å². The molecule has 0 amide bonds. The second kappa shape index (κ2) is 6.32. The lowest BCUT2D eigenvalue weighted by Gasteiger charge is -2.04. The molecule has 0 aliphatic carbocycles. The maximum atomic E-state index is 12.2. The van der Waals surface area contributed by atoms with Crippen LogP contribution in [0.15, 0.2) is 46.9 Å². The second-order valence-electron chi connectivity index (χ2n) is 4.32. The number of imidazole rings is 1. The molecule has 21 heavy (non-hydrogen) atoms. The van der Waals surface area contributed by atoms with Gasteiger partial charge in [0, 0.05) is 17.3 Å². The third-order valence-electron chi connectivity index (χ3n) is 2.92. The molecule has 0 saturated carbocycles. The van der Waals surface area contributed by atoms with Crippen molar-refractivity contribution in [1.82, 2.24) is 9.38 Å². The summed E-state index contributed by atoms with van der Waals surface area (Å²) in [5, 5.41) is 2.64. The smallest absolute Gasteiger partial charge is 0.358 e. The zero-order valence-corrected chi connectivity index (χ0v) is 13.1. The van der Waals surface area contributed by atoms with E-state index in [1.165, 1.54) is 16.9 Å². The standard InChI is InChI=1S/C15H14N2O2S2/c1-2-19-14(18)12-13(16-15-17(12)8-9-20-15)21-10-11-6-4-3-5-7-11/h3-9H,2,10H2,1H3. The zero-order valence-electron chi connectivity index (χ0n) is 11.5. The summed E-state index contributed by atoms with van der Waals surface area (Å²) in [5.41, 5.74) is 1.72. The van der Waals surface area contributed by atoms with Crippen molar-refractivity contribution in [3.8, 4) is 0 Å². The van der Waals surface area contributed by atoms with Crippen LogP contribution in [0.1, 0.15) is 23.0 Å². The number of benzene rings is 1. The molecule has 0 N–H and O–H groups in total. The number of hydrogen-bond donors (Lipinski definition) is 0. The van der Waals surface area contributed by atoms with E-state index in [0.29, 0.717) is 12.3 Å². The van der Waals surface area contributed by atoms with Gasteiger partial charge in [0.25, 0.3) is 0 Å². The van der Waals surface area contributed by atoms with Gasteiger partial charge in [-0.05, 0) is 12.5 Å². The highest BCUT2D eigenvalue weighted by atomic mass is 32.2. The molecule has 0 atom stereocenters. The highest BCUT2D eigenvalue weighted by Crippen LogP contribution is 2.29. The molecule has 0 aliphatic rings. The van der Waals surface area contributed by atoms with Crippen LogP contribution < -0.4 is 0 Å². The molecule has 0 spiro atoms. The second-order valence-corrected chi connectivity index (χ2v) is 6.15. The first-order chi connectivity index (χ1) is 10.3. The molecule has 0 fully saturated rings. The molecule has 0 bridgehead atoms. The molecule has 6 heteroatoms. The van der Waals surface area contributed by atoms with Crippen LogP contribution in [0.5, 0.6) is 0 Å². The SMILES string of the molecule is CCOC(=O)c1c(SCc2ccccc2)nc2sccn12. The van der Waals surface area contributed by atoms with E-state index in [1.54, 1.807) is 23.1 Å². The van der Waals surface area contributed by atoms with E-state index in [4.69, 9.17) is 4.74 Å². The molecule has 4 nitrogen and oxygen atoms in total. The Hall–Kier alpha value is -1.79. The van der Waals surface area contributed by atoms with Gasteiger partial charge in [-0.1, -0.05) is 42.1 Å². The maximum Gasteiger partial charge on any atom is 0.358 e. The van der Waals surface area contributed by atoms with Crippen LogP contribution in [0, 0.1) is 0 Å². The summed E-state index contributed by atoms with van der Waals surface area (Å²) >= 11 is 3.07. The van der Waals surface area contributed by atoms with Crippen LogP contribution in [0.3, 0.4) is 0 Å². The predicted molar refractivity (Wildman–Crippen MR) is 85.0 cm³/mol. The number of hydrogen-bond acceptors (Lipinski definition) is 5. The first-order valence-electron chi connectivity index (χ1n) is 6.59. The largest absolute Gasteiger partial charge is 0.461 e. The Morgan fingerprint density at radius 2 is 2.19 bits per heavy atom. The molecule has 2 aromatic heterocycles. The Labute approximate surface area is 130 Å². The number of rotatable bonds is 5. The van der Waals surface area contributed by atoms with Gasteiger partial charge in [-0.2, -0.15) is 0 Å². The van der Waals surface area contributed by atoms with Gasteiger partial charge in [0.15, 0.2) is 10.7 Å². The summed E-state index contributed by atoms with van der Waals surface area (Å²) in [7, 11) is 0. The van der Waals surface area contributed by atoms with Gasteiger partial charge in [0.1, 0.15) is 5.03 Å². The van der Waals surface area contributed by atoms with Gasteiger partial charge in [0.05, 0.1) is 6.61 Å². The van der Waals surface area contributed by atoms with Crippen LogP contribution in [0.4, 0.5) is 0 Å². The normalized spacial score (nSPS) is 10.9. The first-order valence-corrected chi connectivity index (χ1v) is 8.45. The van der Waals surface area contributed by atoms with Crippen molar-refractivity contribution in [2.45, 2.75) is 17.7 Å². The van der Waals surface area contributed by atoms with Gasteiger partial charge in [-0.15, -0.1) is 11.3 Å². The van der Waals surface area contributed by atoms with Gasteiger partial charge in [-0.3, -0.25) is 4.40 Å². The number of esters is 1. The van der Waals surface area contributed by atoms with Crippen LogP contribution in [-0.4, -0.2) is 22.0 Å². The summed E-state index contributed by atoms with van der Waals surface area (Å²) in [5.74, 6) is 0.455. The number of fused-ring (bicyclic) bond motifs is 1. The van der Waals surface area contributed by atoms with Crippen LogP contribution in [0.2, 0.25) is 0 Å². The van der Waals surface area contributed by atoms with Crippen molar-refractivity contribution < 1.29 is 9.53 Å². The summed E-state index contributed by atoms with van der Waals surface area (Å²) < 4.78 is 6.95. The van der Waals surface area contributed by atoms with Gasteiger partial charge >= 0.3 is 5.97 Å². The van der Waals surface area contributed by atoms with Crippen molar-refractivity contribution in [3.05, 3.63) is 53.2 Å². The molecule has 1 aromatic carbocycles. The molecule has 0 saturated heterocycles. The first kappa shape index (κ1) is 14.2. The number of thioether (sulfide) groups is 1. The van der Waals surface area contributed by atoms with Crippen molar-refractivity contribution in [3.63, 3.8) is 0 Å². The number of ether oxygens (including phenoxy) is 1. The van der Waals surface area contributed by atoms with E-state index < -0.39 is 0 Å². The Bertz CT molecular complexity index is 749. The maximum absolute atomic E-state index is 12.2. The third-order valence-corrected chi connectivity index (χ3v) is 4.71. The van der Waals surface area contributed by atoms with Crippen molar-refractivity contribution in [2.75, 3.05) is 6.61 Å². The highest BCUT2D eigenvalue weighted by Gasteiger charge is 2.21. The lowest BCUT2D eigenvalue weighted by Crippen LogP contribution is -2.08. The Morgan fingerprint density at radius 1 is 1.38 bits per heavy atom. The van der Waals surface area contributed by atoms with Crippen LogP contribution in [0.25, 0.3) is 4.96 Å². The number of carbonyl (C=O) groups is 1.